The molecule has 1 nitrogen and oxygen atoms in total. The van der Waals surface area contributed by atoms with Crippen molar-refractivity contribution < 1.29 is 4.79 Å². The Morgan fingerprint density at radius 3 is 2.53 bits per heavy atom. The van der Waals surface area contributed by atoms with Gasteiger partial charge in [-0.3, -0.25) is 4.79 Å². The highest BCUT2D eigenvalue weighted by Crippen LogP contribution is 2.66. The Labute approximate surface area is 91.9 Å². The van der Waals surface area contributed by atoms with E-state index in [1.807, 2.05) is 0 Å². The zero-order valence-electron chi connectivity index (χ0n) is 10.1. The molecule has 1 heteroatoms. The molecule has 0 amide bonds. The van der Waals surface area contributed by atoms with E-state index in [4.69, 9.17) is 0 Å². The van der Waals surface area contributed by atoms with E-state index in [1.165, 1.54) is 12.8 Å². The van der Waals surface area contributed by atoms with Crippen LogP contribution in [0.2, 0.25) is 0 Å². The molecule has 0 spiro atoms. The molecule has 0 unspecified atom stereocenters. The minimum absolute atomic E-state index is 0.279. The summed E-state index contributed by atoms with van der Waals surface area (Å²) < 4.78 is 0. The molecule has 15 heavy (non-hydrogen) atoms. The minimum atomic E-state index is 0.279. The molecule has 0 heterocycles. The molecule has 0 saturated heterocycles. The SMILES string of the molecule is CC1=C2[C@H]3C[C@H](C[C@@H]2[C@@H](C)C1=O)C3(C)C. The van der Waals surface area contributed by atoms with Crippen molar-refractivity contribution in [2.75, 3.05) is 0 Å². The number of carbonyl (C=O) groups excluding carboxylic acids is 1. The highest BCUT2D eigenvalue weighted by Gasteiger charge is 2.59. The second-order valence-corrected chi connectivity index (χ2v) is 6.38. The van der Waals surface area contributed by atoms with E-state index in [0.717, 1.165) is 17.4 Å². The van der Waals surface area contributed by atoms with E-state index in [9.17, 15) is 4.79 Å². The molecule has 0 aromatic heterocycles. The fourth-order valence-electron chi connectivity index (χ4n) is 4.32. The van der Waals surface area contributed by atoms with E-state index in [-0.39, 0.29) is 5.92 Å². The summed E-state index contributed by atoms with van der Waals surface area (Å²) in [6.07, 6.45) is 2.61. The van der Waals surface area contributed by atoms with Crippen molar-refractivity contribution in [3.63, 3.8) is 0 Å². The summed E-state index contributed by atoms with van der Waals surface area (Å²) in [5.74, 6) is 2.90. The Hall–Kier alpha value is -0.590. The quantitative estimate of drug-likeness (QED) is 0.592. The van der Waals surface area contributed by atoms with Crippen LogP contribution < -0.4 is 0 Å². The van der Waals surface area contributed by atoms with Gasteiger partial charge in [0.15, 0.2) is 5.78 Å². The zero-order chi connectivity index (χ0) is 11.0. The van der Waals surface area contributed by atoms with E-state index >= 15 is 0 Å². The van der Waals surface area contributed by atoms with Crippen LogP contribution in [0.1, 0.15) is 40.5 Å². The molecule has 0 N–H and O–H groups in total. The van der Waals surface area contributed by atoms with Gasteiger partial charge in [-0.2, -0.15) is 0 Å². The van der Waals surface area contributed by atoms with Gasteiger partial charge in [0.05, 0.1) is 0 Å². The highest BCUT2D eigenvalue weighted by atomic mass is 16.1. The summed E-state index contributed by atoms with van der Waals surface area (Å²) in [4.78, 5) is 12.0. The van der Waals surface area contributed by atoms with Gasteiger partial charge in [-0.15, -0.1) is 0 Å². The number of carbonyl (C=O) groups is 1. The number of hydrogen-bond acceptors (Lipinski definition) is 1. The van der Waals surface area contributed by atoms with Crippen LogP contribution in [-0.2, 0) is 4.79 Å². The van der Waals surface area contributed by atoms with Crippen LogP contribution >= 0.6 is 0 Å². The Kier molecular flexibility index (Phi) is 1.64. The Morgan fingerprint density at radius 1 is 1.27 bits per heavy atom. The monoisotopic (exact) mass is 204 g/mol. The van der Waals surface area contributed by atoms with Crippen LogP contribution in [0.25, 0.3) is 0 Å². The first kappa shape index (κ1) is 9.62. The standard InChI is InChI=1S/C14H20O/c1-7-10-5-9-6-11(14(9,3)4)12(10)8(2)13(7)15/h7,9-11H,5-6H2,1-4H3/t7-,9+,10-,11-/m1/s1. The average Bonchev–Trinajstić information content (AvgIpc) is 2.44. The topological polar surface area (TPSA) is 17.1 Å². The number of ketones is 1. The fraction of sp³-hybridized carbons (Fsp3) is 0.786. The molecule has 4 aliphatic rings. The lowest BCUT2D eigenvalue weighted by Crippen LogP contribution is -2.52. The molecule has 0 aliphatic heterocycles. The molecular formula is C14H20O. The first-order valence-corrected chi connectivity index (χ1v) is 6.19. The lowest BCUT2D eigenvalue weighted by Gasteiger charge is -2.60. The van der Waals surface area contributed by atoms with Crippen molar-refractivity contribution in [2.24, 2.45) is 29.1 Å². The Bertz CT molecular complexity index is 375. The van der Waals surface area contributed by atoms with Crippen LogP contribution in [0.5, 0.6) is 0 Å². The van der Waals surface area contributed by atoms with Crippen LogP contribution in [-0.4, -0.2) is 5.78 Å². The predicted molar refractivity (Wildman–Crippen MR) is 60.4 cm³/mol. The van der Waals surface area contributed by atoms with Crippen molar-refractivity contribution in [3.8, 4) is 0 Å². The van der Waals surface area contributed by atoms with Crippen LogP contribution in [0.3, 0.4) is 0 Å². The highest BCUT2D eigenvalue weighted by molar-refractivity contribution is 6.00. The molecule has 0 aromatic carbocycles. The maximum atomic E-state index is 12.0. The van der Waals surface area contributed by atoms with E-state index in [1.54, 1.807) is 5.57 Å². The molecule has 4 atom stereocenters. The number of rotatable bonds is 0. The average molecular weight is 204 g/mol. The third-order valence-corrected chi connectivity index (χ3v) is 5.60. The molecule has 2 bridgehead atoms. The van der Waals surface area contributed by atoms with Gasteiger partial charge in [-0.1, -0.05) is 26.3 Å². The van der Waals surface area contributed by atoms with Crippen LogP contribution in [0.15, 0.2) is 11.1 Å². The maximum Gasteiger partial charge on any atom is 0.161 e. The van der Waals surface area contributed by atoms with Crippen molar-refractivity contribution >= 4 is 5.78 Å². The lowest BCUT2D eigenvalue weighted by molar-refractivity contribution is -0.119. The second kappa shape index (κ2) is 2.56. The molecule has 0 radical (unpaired) electrons. The molecule has 4 aliphatic carbocycles. The molecule has 4 rings (SSSR count). The van der Waals surface area contributed by atoms with Gasteiger partial charge < -0.3 is 0 Å². The first-order valence-electron chi connectivity index (χ1n) is 6.19. The third kappa shape index (κ3) is 0.926. The van der Waals surface area contributed by atoms with Crippen molar-refractivity contribution in [2.45, 2.75) is 40.5 Å². The van der Waals surface area contributed by atoms with Crippen molar-refractivity contribution in [1.82, 2.24) is 0 Å². The zero-order valence-corrected chi connectivity index (χ0v) is 10.1. The maximum absolute atomic E-state index is 12.0. The van der Waals surface area contributed by atoms with Crippen molar-refractivity contribution in [3.05, 3.63) is 11.1 Å². The van der Waals surface area contributed by atoms with Gasteiger partial charge in [0, 0.05) is 5.92 Å². The lowest BCUT2D eigenvalue weighted by atomic mass is 9.45. The second-order valence-electron chi connectivity index (χ2n) is 6.38. The molecule has 0 aromatic rings. The van der Waals surface area contributed by atoms with Gasteiger partial charge in [0.1, 0.15) is 0 Å². The first-order chi connectivity index (χ1) is 6.94. The summed E-state index contributed by atoms with van der Waals surface area (Å²) in [5.41, 5.74) is 3.13. The minimum Gasteiger partial charge on any atom is -0.294 e. The van der Waals surface area contributed by atoms with Gasteiger partial charge in [0.25, 0.3) is 0 Å². The Morgan fingerprint density at radius 2 is 1.93 bits per heavy atom. The fourth-order valence-corrected chi connectivity index (χ4v) is 4.32. The van der Waals surface area contributed by atoms with Gasteiger partial charge in [-0.05, 0) is 48.5 Å². The summed E-state index contributed by atoms with van der Waals surface area (Å²) in [6.45, 7) is 8.95. The predicted octanol–water partition coefficient (Wildman–Crippen LogP) is 3.20. The molecule has 3 fully saturated rings. The third-order valence-electron chi connectivity index (χ3n) is 5.60. The molecular weight excluding hydrogens is 184 g/mol. The smallest absolute Gasteiger partial charge is 0.161 e. The number of Topliss-reactive ketones (excluding diaryl/α,β-unsaturated/α-hetero) is 1. The van der Waals surface area contributed by atoms with E-state index in [0.29, 0.717) is 17.1 Å². The number of hydrogen-bond donors (Lipinski definition) is 0. The summed E-state index contributed by atoms with van der Waals surface area (Å²) in [5, 5.41) is 0. The molecule has 82 valence electrons. The number of allylic oxidation sites excluding steroid dienone is 2. The van der Waals surface area contributed by atoms with E-state index in [2.05, 4.69) is 27.7 Å². The van der Waals surface area contributed by atoms with Crippen molar-refractivity contribution in [1.29, 1.82) is 0 Å². The van der Waals surface area contributed by atoms with Gasteiger partial charge in [-0.25, -0.2) is 0 Å². The summed E-state index contributed by atoms with van der Waals surface area (Å²) >= 11 is 0. The Balaban J connectivity index is 2.07. The normalized spacial score (nSPS) is 46.5. The summed E-state index contributed by atoms with van der Waals surface area (Å²) in [7, 11) is 0. The largest absolute Gasteiger partial charge is 0.294 e. The van der Waals surface area contributed by atoms with Gasteiger partial charge >= 0.3 is 0 Å². The molecule has 3 saturated carbocycles. The van der Waals surface area contributed by atoms with Crippen LogP contribution in [0, 0.1) is 29.1 Å². The van der Waals surface area contributed by atoms with Gasteiger partial charge in [0.2, 0.25) is 0 Å². The van der Waals surface area contributed by atoms with E-state index < -0.39 is 0 Å². The summed E-state index contributed by atoms with van der Waals surface area (Å²) in [6, 6.07) is 0. The van der Waals surface area contributed by atoms with Crippen LogP contribution in [0.4, 0.5) is 0 Å².